The first-order chi connectivity index (χ1) is 14.0. The van der Waals surface area contributed by atoms with Gasteiger partial charge in [-0.25, -0.2) is 9.98 Å². The van der Waals surface area contributed by atoms with Crippen LogP contribution in [0.4, 0.5) is 0 Å². The number of piperazine rings is 1. The molecule has 3 atom stereocenters. The van der Waals surface area contributed by atoms with Gasteiger partial charge in [-0.15, -0.1) is 0 Å². The minimum absolute atomic E-state index is 0.126. The Morgan fingerprint density at radius 2 is 1.97 bits per heavy atom. The predicted molar refractivity (Wildman–Crippen MR) is 118 cm³/mol. The van der Waals surface area contributed by atoms with Crippen LogP contribution in [-0.2, 0) is 6.42 Å². The molecule has 0 saturated carbocycles. The third-order valence-electron chi connectivity index (χ3n) is 6.09. The molecule has 3 heterocycles. The Labute approximate surface area is 175 Å². The highest BCUT2D eigenvalue weighted by atomic mass is 35.5. The minimum Gasteiger partial charge on any atom is -0.508 e. The number of fused-ring (bicyclic) bond motifs is 3. The van der Waals surface area contributed by atoms with E-state index in [4.69, 9.17) is 21.6 Å². The molecular weight excluding hydrogens is 386 g/mol. The number of aliphatic imine (C=N–C) groups is 2. The molecule has 3 aliphatic rings. The molecule has 0 amide bonds. The first-order valence-corrected chi connectivity index (χ1v) is 10.7. The summed E-state index contributed by atoms with van der Waals surface area (Å²) in [6.45, 7) is 3.99. The van der Waals surface area contributed by atoms with Crippen LogP contribution >= 0.6 is 11.6 Å². The van der Waals surface area contributed by atoms with Gasteiger partial charge in [0.25, 0.3) is 0 Å². The van der Waals surface area contributed by atoms with Crippen molar-refractivity contribution in [3.8, 4) is 5.75 Å². The number of amidine groups is 1. The van der Waals surface area contributed by atoms with Gasteiger partial charge in [-0.3, -0.25) is 0 Å². The monoisotopic (exact) mass is 411 g/mol. The summed E-state index contributed by atoms with van der Waals surface area (Å²) in [5, 5.41) is 19.8. The van der Waals surface area contributed by atoms with Crippen molar-refractivity contribution in [2.75, 3.05) is 13.1 Å². The summed E-state index contributed by atoms with van der Waals surface area (Å²) in [7, 11) is 0. The Morgan fingerprint density at radius 1 is 1.17 bits per heavy atom. The molecule has 3 unspecified atom stereocenters. The van der Waals surface area contributed by atoms with E-state index in [1.165, 1.54) is 12.8 Å². The summed E-state index contributed by atoms with van der Waals surface area (Å²) in [4.78, 5) is 12.0. The molecule has 3 N–H and O–H groups in total. The number of hydrogen-bond acceptors (Lipinski definition) is 6. The van der Waals surface area contributed by atoms with Crippen LogP contribution in [0.25, 0.3) is 10.8 Å². The largest absolute Gasteiger partial charge is 0.508 e. The van der Waals surface area contributed by atoms with E-state index in [2.05, 4.69) is 15.5 Å². The molecule has 2 aromatic carbocycles. The van der Waals surface area contributed by atoms with Gasteiger partial charge in [0.1, 0.15) is 17.8 Å². The van der Waals surface area contributed by atoms with Crippen LogP contribution in [0.2, 0.25) is 5.02 Å². The zero-order chi connectivity index (χ0) is 20.0. The number of aryl methyl sites for hydroxylation is 1. The third-order valence-corrected chi connectivity index (χ3v) is 6.40. The highest BCUT2D eigenvalue weighted by molar-refractivity contribution is 6.35. The number of nitrogens with zero attached hydrogens (tertiary/aromatic N) is 3. The molecule has 2 aromatic rings. The molecule has 3 aliphatic heterocycles. The molecule has 2 bridgehead atoms. The lowest BCUT2D eigenvalue weighted by Gasteiger charge is -2.36. The number of phenols is 1. The number of hydrogen-bond donors (Lipinski definition) is 3. The molecule has 29 heavy (non-hydrogen) atoms. The summed E-state index contributed by atoms with van der Waals surface area (Å²) in [5.41, 5.74) is 1.04. The third kappa shape index (κ3) is 3.79. The predicted octanol–water partition coefficient (Wildman–Crippen LogP) is 3.27. The number of aromatic hydroxyl groups is 1. The Kier molecular flexibility index (Phi) is 4.84. The molecule has 2 saturated heterocycles. The van der Waals surface area contributed by atoms with Crippen molar-refractivity contribution in [1.82, 2.24) is 15.5 Å². The molecule has 0 spiro atoms. The number of rotatable bonds is 3. The van der Waals surface area contributed by atoms with E-state index >= 15 is 0 Å². The fourth-order valence-corrected chi connectivity index (χ4v) is 5.12. The summed E-state index contributed by atoms with van der Waals surface area (Å²) >= 11 is 6.46. The van der Waals surface area contributed by atoms with E-state index in [1.54, 1.807) is 6.07 Å². The Hall–Kier alpha value is -2.31. The van der Waals surface area contributed by atoms with Gasteiger partial charge < -0.3 is 20.6 Å². The van der Waals surface area contributed by atoms with Crippen LogP contribution in [-0.4, -0.2) is 53.1 Å². The molecule has 0 aromatic heterocycles. The SMILES string of the molecule is CC1=NC(CCc2cc(O)cc3cccc(Cl)c23)N=C(N2CC3CCC(C2)N3)N1. The molecule has 7 heteroatoms. The summed E-state index contributed by atoms with van der Waals surface area (Å²) in [6.07, 6.45) is 3.89. The molecule has 0 aliphatic carbocycles. The second kappa shape index (κ2) is 7.50. The second-order valence-corrected chi connectivity index (χ2v) is 8.70. The topological polar surface area (TPSA) is 72.2 Å². The van der Waals surface area contributed by atoms with Gasteiger partial charge in [0.2, 0.25) is 5.96 Å². The van der Waals surface area contributed by atoms with Gasteiger partial charge >= 0.3 is 0 Å². The average molecular weight is 412 g/mol. The summed E-state index contributed by atoms with van der Waals surface area (Å²) < 4.78 is 0. The van der Waals surface area contributed by atoms with Crippen molar-refractivity contribution >= 4 is 34.2 Å². The zero-order valence-corrected chi connectivity index (χ0v) is 17.3. The van der Waals surface area contributed by atoms with E-state index < -0.39 is 0 Å². The summed E-state index contributed by atoms with van der Waals surface area (Å²) in [5.74, 6) is 2.12. The molecule has 2 fully saturated rings. The summed E-state index contributed by atoms with van der Waals surface area (Å²) in [6, 6.07) is 10.5. The van der Waals surface area contributed by atoms with Crippen molar-refractivity contribution in [2.24, 2.45) is 9.98 Å². The van der Waals surface area contributed by atoms with Crippen molar-refractivity contribution in [3.63, 3.8) is 0 Å². The Bertz CT molecular complexity index is 992. The van der Waals surface area contributed by atoms with Crippen molar-refractivity contribution < 1.29 is 5.11 Å². The van der Waals surface area contributed by atoms with Gasteiger partial charge in [0.05, 0.1) is 0 Å². The number of phenolic OH excluding ortho intramolecular Hbond substituents is 1. The molecule has 6 nitrogen and oxygen atoms in total. The van der Waals surface area contributed by atoms with Crippen LogP contribution in [0.1, 0.15) is 31.7 Å². The van der Waals surface area contributed by atoms with Gasteiger partial charge in [-0.2, -0.15) is 0 Å². The van der Waals surface area contributed by atoms with Gasteiger partial charge in [-0.1, -0.05) is 23.7 Å². The molecule has 152 valence electrons. The van der Waals surface area contributed by atoms with Crippen LogP contribution in [0, 0.1) is 0 Å². The minimum atomic E-state index is -0.126. The highest BCUT2D eigenvalue weighted by Crippen LogP contribution is 2.32. The number of benzene rings is 2. The maximum Gasteiger partial charge on any atom is 0.201 e. The van der Waals surface area contributed by atoms with Crippen LogP contribution in [0.3, 0.4) is 0 Å². The quantitative estimate of drug-likeness (QED) is 0.724. The van der Waals surface area contributed by atoms with E-state index in [1.807, 2.05) is 31.2 Å². The second-order valence-electron chi connectivity index (χ2n) is 8.30. The maximum atomic E-state index is 10.1. The maximum absolute atomic E-state index is 10.1. The lowest BCUT2D eigenvalue weighted by molar-refractivity contribution is 0.281. The smallest absolute Gasteiger partial charge is 0.201 e. The van der Waals surface area contributed by atoms with Gasteiger partial charge in [0, 0.05) is 35.6 Å². The van der Waals surface area contributed by atoms with E-state index in [-0.39, 0.29) is 11.9 Å². The molecule has 0 radical (unpaired) electrons. The zero-order valence-electron chi connectivity index (χ0n) is 16.5. The van der Waals surface area contributed by atoms with E-state index in [0.29, 0.717) is 17.1 Å². The normalized spacial score (nSPS) is 26.3. The lowest BCUT2D eigenvalue weighted by Crippen LogP contribution is -2.57. The standard InChI is InChI=1S/C22H26ClN5O/c1-13-24-20(27-22(25-13)28-11-16-6-7-17(12-28)26-16)8-5-15-10-18(29)9-14-3-2-4-19(23)21(14)15/h2-4,9-10,16-17,20,26,29H,5-8,11-12H2,1H3,(H,24,25,27). The number of nitrogens with one attached hydrogen (secondary N) is 2. The number of halogens is 1. The molecular formula is C22H26ClN5O. The van der Waals surface area contributed by atoms with Crippen LogP contribution < -0.4 is 10.6 Å². The lowest BCUT2D eigenvalue weighted by atomic mass is 9.99. The van der Waals surface area contributed by atoms with E-state index in [0.717, 1.165) is 54.1 Å². The van der Waals surface area contributed by atoms with Gasteiger partial charge in [0.15, 0.2) is 0 Å². The van der Waals surface area contributed by atoms with Crippen molar-refractivity contribution in [1.29, 1.82) is 0 Å². The first-order valence-electron chi connectivity index (χ1n) is 10.4. The van der Waals surface area contributed by atoms with Crippen LogP contribution in [0.15, 0.2) is 40.3 Å². The van der Waals surface area contributed by atoms with Gasteiger partial charge in [-0.05, 0) is 61.8 Å². The van der Waals surface area contributed by atoms with Crippen molar-refractivity contribution in [3.05, 3.63) is 40.9 Å². The number of guanidine groups is 1. The Balaban J connectivity index is 1.36. The highest BCUT2D eigenvalue weighted by Gasteiger charge is 2.34. The van der Waals surface area contributed by atoms with E-state index in [9.17, 15) is 5.11 Å². The molecule has 5 rings (SSSR count). The fourth-order valence-electron chi connectivity index (χ4n) is 4.81. The Morgan fingerprint density at radius 3 is 2.76 bits per heavy atom. The van der Waals surface area contributed by atoms with Crippen LogP contribution in [0.5, 0.6) is 5.75 Å². The fraction of sp³-hybridized carbons (Fsp3) is 0.455. The number of likely N-dealkylation sites (tertiary alicyclic amines) is 1. The van der Waals surface area contributed by atoms with Crippen molar-refractivity contribution in [2.45, 2.75) is 50.9 Å². The average Bonchev–Trinajstić information content (AvgIpc) is 3.03. The first kappa shape index (κ1) is 18.7.